The molecule has 1 spiro atoms. The van der Waals surface area contributed by atoms with Crippen LogP contribution >= 0.6 is 11.6 Å². The lowest BCUT2D eigenvalue weighted by atomic mass is 9.70. The van der Waals surface area contributed by atoms with Crippen LogP contribution in [0.3, 0.4) is 0 Å². The first-order chi connectivity index (χ1) is 13.3. The Morgan fingerprint density at radius 2 is 1.61 bits per heavy atom. The number of nitro groups is 1. The van der Waals surface area contributed by atoms with Crippen LogP contribution in [0.4, 0.5) is 0 Å². The first kappa shape index (κ1) is 18.7. The summed E-state index contributed by atoms with van der Waals surface area (Å²) in [6, 6.07) is 10.8. The molecule has 7 nitrogen and oxygen atoms in total. The van der Waals surface area contributed by atoms with Crippen LogP contribution in [-0.4, -0.2) is 39.5 Å². The number of benzene rings is 2. The molecule has 0 radical (unpaired) electrons. The van der Waals surface area contributed by atoms with Gasteiger partial charge in [-0.25, -0.2) is 0 Å². The molecule has 1 fully saturated rings. The lowest BCUT2D eigenvalue weighted by molar-refractivity contribution is -0.554. The van der Waals surface area contributed by atoms with Gasteiger partial charge in [-0.2, -0.15) is 0 Å². The minimum atomic E-state index is -2.43. The second-order valence-corrected chi connectivity index (χ2v) is 7.49. The summed E-state index contributed by atoms with van der Waals surface area (Å²) < 4.78 is 5.49. The van der Waals surface area contributed by atoms with Crippen molar-refractivity contribution in [3.05, 3.63) is 80.4 Å². The maximum atomic E-state index is 13.2. The van der Waals surface area contributed by atoms with Crippen LogP contribution in [0.5, 0.6) is 0 Å². The monoisotopic (exact) mass is 401 g/mol. The van der Waals surface area contributed by atoms with E-state index in [0.717, 1.165) is 0 Å². The zero-order valence-electron chi connectivity index (χ0n) is 14.7. The number of carbonyl (C=O) groups is 2. The molecule has 1 aliphatic heterocycles. The third-order valence-corrected chi connectivity index (χ3v) is 6.01. The number of ether oxygens (including phenoxy) is 1. The molecule has 0 amide bonds. The molecule has 1 unspecified atom stereocenters. The standard InChI is InChI=1S/C20H16ClNO6/c1-10-15(13-8-4-5-9-14(13)21)16(22(26)27)20(28-19(10)25)17(23)11-6-2-3-7-12(11)18(20)24/h2-10,15-16,19,25H,1H3/t10-,15+,16+,19?/m1/s1. The highest BCUT2D eigenvalue weighted by Crippen LogP contribution is 2.50. The minimum absolute atomic E-state index is 0.0546. The molecule has 1 heterocycles. The summed E-state index contributed by atoms with van der Waals surface area (Å²) in [5.74, 6) is -3.39. The van der Waals surface area contributed by atoms with Crippen LogP contribution in [0.15, 0.2) is 48.5 Å². The van der Waals surface area contributed by atoms with Gasteiger partial charge >= 0.3 is 0 Å². The first-order valence-corrected chi connectivity index (χ1v) is 9.11. The van der Waals surface area contributed by atoms with E-state index in [1.54, 1.807) is 43.3 Å². The molecule has 2 aromatic carbocycles. The molecular weight excluding hydrogens is 386 g/mol. The summed E-state index contributed by atoms with van der Waals surface area (Å²) in [5, 5.41) is 23.0. The molecule has 144 valence electrons. The Kier molecular flexibility index (Phi) is 4.33. The lowest BCUT2D eigenvalue weighted by Crippen LogP contribution is -2.66. The number of fused-ring (bicyclic) bond motifs is 1. The molecule has 2 aromatic rings. The number of carbonyl (C=O) groups excluding carboxylic acids is 2. The van der Waals surface area contributed by atoms with Crippen molar-refractivity contribution in [1.29, 1.82) is 0 Å². The van der Waals surface area contributed by atoms with E-state index in [2.05, 4.69) is 0 Å². The highest BCUT2D eigenvalue weighted by atomic mass is 35.5. The molecular formula is C20H16ClNO6. The Labute approximate surface area is 165 Å². The van der Waals surface area contributed by atoms with Crippen molar-refractivity contribution >= 4 is 23.2 Å². The lowest BCUT2D eigenvalue weighted by Gasteiger charge is -2.44. The molecule has 8 heteroatoms. The maximum absolute atomic E-state index is 13.2. The highest BCUT2D eigenvalue weighted by molar-refractivity contribution is 6.33. The van der Waals surface area contributed by atoms with Crippen LogP contribution < -0.4 is 0 Å². The molecule has 1 N–H and O–H groups in total. The molecule has 1 saturated heterocycles. The maximum Gasteiger partial charge on any atom is 0.264 e. The average Bonchev–Trinajstić information content (AvgIpc) is 2.88. The molecule has 1 aliphatic carbocycles. The molecule has 0 saturated carbocycles. The minimum Gasteiger partial charge on any atom is -0.368 e. The van der Waals surface area contributed by atoms with E-state index in [1.165, 1.54) is 12.1 Å². The zero-order chi connectivity index (χ0) is 20.2. The summed E-state index contributed by atoms with van der Waals surface area (Å²) in [5.41, 5.74) is -1.93. The van der Waals surface area contributed by atoms with Crippen LogP contribution in [0, 0.1) is 16.0 Å². The van der Waals surface area contributed by atoms with Gasteiger partial charge in [0.2, 0.25) is 11.6 Å². The van der Waals surface area contributed by atoms with Gasteiger partial charge in [-0.05, 0) is 11.6 Å². The number of aliphatic hydroxyl groups is 1. The topological polar surface area (TPSA) is 107 Å². The second kappa shape index (κ2) is 6.48. The number of hydrogen-bond donors (Lipinski definition) is 1. The quantitative estimate of drug-likeness (QED) is 0.471. The summed E-state index contributed by atoms with van der Waals surface area (Å²) in [7, 11) is 0. The third kappa shape index (κ3) is 2.37. The van der Waals surface area contributed by atoms with Crippen LogP contribution in [0.2, 0.25) is 5.02 Å². The number of rotatable bonds is 2. The fraction of sp³-hybridized carbons (Fsp3) is 0.300. The van der Waals surface area contributed by atoms with E-state index in [-0.39, 0.29) is 16.1 Å². The normalized spacial score (nSPS) is 28.4. The van der Waals surface area contributed by atoms with Gasteiger partial charge in [0, 0.05) is 27.0 Å². The van der Waals surface area contributed by atoms with Crippen molar-refractivity contribution in [1.82, 2.24) is 0 Å². The largest absolute Gasteiger partial charge is 0.368 e. The summed E-state index contributed by atoms with van der Waals surface area (Å²) in [6.07, 6.45) is -1.56. The van der Waals surface area contributed by atoms with Gasteiger partial charge in [0.05, 0.1) is 5.92 Å². The molecule has 4 atom stereocenters. The Balaban J connectivity index is 1.96. The highest BCUT2D eigenvalue weighted by Gasteiger charge is 2.71. The van der Waals surface area contributed by atoms with Crippen molar-refractivity contribution in [2.24, 2.45) is 5.92 Å². The Morgan fingerprint density at radius 3 is 2.14 bits per heavy atom. The fourth-order valence-electron chi connectivity index (χ4n) is 4.32. The molecule has 4 rings (SSSR count). The van der Waals surface area contributed by atoms with Gasteiger partial charge in [-0.15, -0.1) is 0 Å². The average molecular weight is 402 g/mol. The first-order valence-electron chi connectivity index (χ1n) is 8.73. The van der Waals surface area contributed by atoms with E-state index in [1.807, 2.05) is 0 Å². The SMILES string of the molecule is C[C@H]1C(O)OC2(C(=O)c3ccccc3C2=O)[C@@H]([N+](=O)[O-])[C@@H]1c1ccccc1Cl. The number of Topliss-reactive ketones (excluding diaryl/α,β-unsaturated/α-hetero) is 2. The van der Waals surface area contributed by atoms with E-state index in [0.29, 0.717) is 5.56 Å². The van der Waals surface area contributed by atoms with Crippen LogP contribution in [0.25, 0.3) is 0 Å². The van der Waals surface area contributed by atoms with Gasteiger partial charge in [-0.3, -0.25) is 19.7 Å². The van der Waals surface area contributed by atoms with E-state index in [4.69, 9.17) is 16.3 Å². The number of aliphatic hydroxyl groups excluding tert-OH is 1. The Morgan fingerprint density at radius 1 is 1.07 bits per heavy atom. The molecule has 2 aliphatic rings. The van der Waals surface area contributed by atoms with Gasteiger partial charge < -0.3 is 9.84 Å². The van der Waals surface area contributed by atoms with Crippen molar-refractivity contribution in [3.63, 3.8) is 0 Å². The fourth-order valence-corrected chi connectivity index (χ4v) is 4.58. The summed E-state index contributed by atoms with van der Waals surface area (Å²) in [4.78, 5) is 38.0. The van der Waals surface area contributed by atoms with Gasteiger partial charge in [0.15, 0.2) is 6.29 Å². The summed E-state index contributed by atoms with van der Waals surface area (Å²) >= 11 is 6.28. The number of nitrogens with zero attached hydrogens (tertiary/aromatic N) is 1. The predicted molar refractivity (Wildman–Crippen MR) is 99.1 cm³/mol. The second-order valence-electron chi connectivity index (χ2n) is 7.08. The van der Waals surface area contributed by atoms with Crippen molar-refractivity contribution in [3.8, 4) is 0 Å². The van der Waals surface area contributed by atoms with E-state index < -0.39 is 46.3 Å². The van der Waals surface area contributed by atoms with E-state index in [9.17, 15) is 24.8 Å². The van der Waals surface area contributed by atoms with Crippen LogP contribution in [-0.2, 0) is 4.74 Å². The van der Waals surface area contributed by atoms with E-state index >= 15 is 0 Å². The molecule has 28 heavy (non-hydrogen) atoms. The Bertz CT molecular complexity index is 971. The van der Waals surface area contributed by atoms with Crippen molar-refractivity contribution in [2.45, 2.75) is 30.8 Å². The van der Waals surface area contributed by atoms with Gasteiger partial charge in [-0.1, -0.05) is 61.0 Å². The van der Waals surface area contributed by atoms with Gasteiger partial charge in [0.25, 0.3) is 11.6 Å². The van der Waals surface area contributed by atoms with Crippen molar-refractivity contribution < 1.29 is 24.4 Å². The predicted octanol–water partition coefficient (Wildman–Crippen LogP) is 2.87. The van der Waals surface area contributed by atoms with Crippen LogP contribution in [0.1, 0.15) is 39.1 Å². The third-order valence-electron chi connectivity index (χ3n) is 5.66. The molecule has 0 bridgehead atoms. The Hall–Kier alpha value is -2.61. The molecule has 0 aromatic heterocycles. The summed E-state index contributed by atoms with van der Waals surface area (Å²) in [6.45, 7) is 1.57. The van der Waals surface area contributed by atoms with Gasteiger partial charge in [0.1, 0.15) is 0 Å². The number of hydrogen-bond acceptors (Lipinski definition) is 6. The number of halogens is 1. The smallest absolute Gasteiger partial charge is 0.264 e. The number of ketones is 2. The van der Waals surface area contributed by atoms with Crippen molar-refractivity contribution in [2.75, 3.05) is 0 Å². The zero-order valence-corrected chi connectivity index (χ0v) is 15.5.